The van der Waals surface area contributed by atoms with Gasteiger partial charge in [0.05, 0.1) is 18.2 Å². The normalized spacial score (nSPS) is 11.6. The number of aromatic nitrogens is 1. The third-order valence-corrected chi connectivity index (χ3v) is 5.66. The first-order valence-corrected chi connectivity index (χ1v) is 12.5. The van der Waals surface area contributed by atoms with Crippen LogP contribution in [0.25, 0.3) is 10.9 Å². The summed E-state index contributed by atoms with van der Waals surface area (Å²) in [6.07, 6.45) is 1.65. The highest BCUT2D eigenvalue weighted by Gasteiger charge is 2.23. The maximum atomic E-state index is 12.0. The van der Waals surface area contributed by atoms with Gasteiger partial charge in [0.1, 0.15) is 5.75 Å². The molecule has 1 heterocycles. The molecule has 3 aromatic rings. The number of nitrogens with one attached hydrogen (secondary N) is 1. The topological polar surface area (TPSA) is 120 Å². The number of benzene rings is 2. The van der Waals surface area contributed by atoms with Gasteiger partial charge in [0.15, 0.2) is 6.61 Å². The van der Waals surface area contributed by atoms with Gasteiger partial charge in [0.2, 0.25) is 15.9 Å². The number of hydrogen-bond acceptors (Lipinski definition) is 5. The van der Waals surface area contributed by atoms with Crippen LogP contribution in [0.3, 0.4) is 0 Å². The molecule has 33 heavy (non-hydrogen) atoms. The lowest BCUT2D eigenvalue weighted by molar-refractivity contribution is -0.121. The Balaban J connectivity index is 2.13. The molecule has 0 radical (unpaired) electrons. The highest BCUT2D eigenvalue weighted by atomic mass is 32.2. The average molecular weight is 472 g/mol. The quantitative estimate of drug-likeness (QED) is 0.470. The van der Waals surface area contributed by atoms with E-state index in [0.717, 1.165) is 35.0 Å². The molecule has 2 amide bonds. The van der Waals surface area contributed by atoms with E-state index >= 15 is 0 Å². The number of fused-ring (bicyclic) bond motifs is 1. The van der Waals surface area contributed by atoms with Crippen molar-refractivity contribution in [1.29, 1.82) is 0 Å². The maximum absolute atomic E-state index is 12.0. The number of carbonyl (C=O) groups excluding carboxylic acids is 2. The predicted octanol–water partition coefficient (Wildman–Crippen LogP) is 2.37. The van der Waals surface area contributed by atoms with Crippen LogP contribution in [0.4, 0.5) is 0 Å². The average Bonchev–Trinajstić information content (AvgIpc) is 2.98. The van der Waals surface area contributed by atoms with Crippen LogP contribution in [0.1, 0.15) is 30.7 Å². The monoisotopic (exact) mass is 471 g/mol. The van der Waals surface area contributed by atoms with Crippen molar-refractivity contribution in [2.75, 3.05) is 12.9 Å². The molecule has 1 aromatic heterocycles. The first kappa shape index (κ1) is 24.3. The van der Waals surface area contributed by atoms with Gasteiger partial charge in [-0.2, -0.15) is 0 Å². The zero-order valence-corrected chi connectivity index (χ0v) is 19.8. The summed E-state index contributed by atoms with van der Waals surface area (Å²) in [6.45, 7) is 4.32. The molecule has 8 nitrogen and oxygen atoms in total. The van der Waals surface area contributed by atoms with Crippen LogP contribution in [0.15, 0.2) is 48.5 Å². The molecule has 0 unspecified atom stereocenters. The number of ether oxygens (including phenoxy) is 1. The number of nitrogens with two attached hydrogens (primary N) is 1. The van der Waals surface area contributed by atoms with E-state index in [0.29, 0.717) is 23.6 Å². The van der Waals surface area contributed by atoms with Gasteiger partial charge in [0.25, 0.3) is 5.91 Å². The fourth-order valence-corrected chi connectivity index (χ4v) is 4.40. The summed E-state index contributed by atoms with van der Waals surface area (Å²) < 4.78 is 32.4. The van der Waals surface area contributed by atoms with Crippen LogP contribution in [0.5, 0.6) is 5.75 Å². The van der Waals surface area contributed by atoms with E-state index in [1.54, 1.807) is 12.1 Å². The van der Waals surface area contributed by atoms with Crippen LogP contribution in [0.2, 0.25) is 0 Å². The largest absolute Gasteiger partial charge is 0.483 e. The van der Waals surface area contributed by atoms with E-state index in [1.165, 1.54) is 0 Å². The highest BCUT2D eigenvalue weighted by molar-refractivity contribution is 7.89. The van der Waals surface area contributed by atoms with Crippen molar-refractivity contribution >= 4 is 32.7 Å². The minimum absolute atomic E-state index is 0.0241. The van der Waals surface area contributed by atoms with Gasteiger partial charge in [-0.15, -0.1) is 0 Å². The fraction of sp³-hybridized carbons (Fsp3) is 0.333. The molecule has 0 saturated carbocycles. The molecule has 3 rings (SSSR count). The Labute approximate surface area is 193 Å². The Kier molecular flexibility index (Phi) is 7.43. The van der Waals surface area contributed by atoms with Crippen molar-refractivity contribution in [2.45, 2.75) is 33.2 Å². The van der Waals surface area contributed by atoms with E-state index in [9.17, 15) is 18.0 Å². The Morgan fingerprint density at radius 1 is 1.09 bits per heavy atom. The van der Waals surface area contributed by atoms with E-state index < -0.39 is 28.4 Å². The van der Waals surface area contributed by atoms with Crippen molar-refractivity contribution in [3.63, 3.8) is 0 Å². The standard InChI is InChI=1S/C24H29N3O5S/c1-16(2)12-20-18(13-22(25)28)24-19(27(20)14-17-8-5-4-6-9-17)10-7-11-21(24)32-15-23(29)26-33(3,30)31/h4-11,16H,12-15H2,1-3H3,(H2,25,28)(H,26,29). The highest BCUT2D eigenvalue weighted by Crippen LogP contribution is 2.36. The minimum atomic E-state index is -3.69. The molecule has 0 aliphatic carbocycles. The summed E-state index contributed by atoms with van der Waals surface area (Å²) in [4.78, 5) is 24.0. The molecule has 0 bridgehead atoms. The van der Waals surface area contributed by atoms with E-state index in [2.05, 4.69) is 18.4 Å². The van der Waals surface area contributed by atoms with Crippen molar-refractivity contribution in [1.82, 2.24) is 9.29 Å². The van der Waals surface area contributed by atoms with Crippen LogP contribution in [-0.4, -0.2) is 37.7 Å². The van der Waals surface area contributed by atoms with Crippen LogP contribution >= 0.6 is 0 Å². The lowest BCUT2D eigenvalue weighted by Gasteiger charge is -2.14. The van der Waals surface area contributed by atoms with Gasteiger partial charge in [-0.05, 0) is 35.6 Å². The van der Waals surface area contributed by atoms with Crippen LogP contribution in [0, 0.1) is 5.92 Å². The molecular weight excluding hydrogens is 442 g/mol. The number of sulfonamides is 1. The summed E-state index contributed by atoms with van der Waals surface area (Å²) in [5.74, 6) is -0.537. The SMILES string of the molecule is CC(C)Cc1c(CC(N)=O)c2c(OCC(=O)NS(C)(=O)=O)cccc2n1Cc1ccccc1. The van der Waals surface area contributed by atoms with Gasteiger partial charge in [0, 0.05) is 17.6 Å². The van der Waals surface area contributed by atoms with Crippen molar-refractivity contribution in [2.24, 2.45) is 11.7 Å². The summed E-state index contributed by atoms with van der Waals surface area (Å²) in [7, 11) is -3.69. The molecule has 3 N–H and O–H groups in total. The third kappa shape index (κ3) is 6.35. The van der Waals surface area contributed by atoms with Crippen molar-refractivity contribution < 1.29 is 22.7 Å². The molecule has 0 spiro atoms. The Bertz CT molecular complexity index is 1260. The number of amides is 2. The van der Waals surface area contributed by atoms with E-state index in [4.69, 9.17) is 10.5 Å². The smallest absolute Gasteiger partial charge is 0.271 e. The van der Waals surface area contributed by atoms with Gasteiger partial charge in [-0.3, -0.25) is 14.3 Å². The van der Waals surface area contributed by atoms with Crippen LogP contribution in [-0.2, 0) is 39.0 Å². The zero-order valence-electron chi connectivity index (χ0n) is 19.0. The maximum Gasteiger partial charge on any atom is 0.271 e. The number of primary amides is 1. The summed E-state index contributed by atoms with van der Waals surface area (Å²) in [6, 6.07) is 15.4. The molecule has 0 aliphatic heterocycles. The molecular formula is C24H29N3O5S. The van der Waals surface area contributed by atoms with Crippen molar-refractivity contribution in [3.8, 4) is 5.75 Å². The second-order valence-corrected chi connectivity index (χ2v) is 10.2. The second-order valence-electron chi connectivity index (χ2n) is 8.47. The number of rotatable bonds is 10. The van der Waals surface area contributed by atoms with E-state index in [1.807, 2.05) is 41.1 Å². The second kappa shape index (κ2) is 10.1. The zero-order chi connectivity index (χ0) is 24.2. The van der Waals surface area contributed by atoms with Crippen molar-refractivity contribution in [3.05, 3.63) is 65.4 Å². The molecule has 0 saturated heterocycles. The Morgan fingerprint density at radius 2 is 1.79 bits per heavy atom. The number of hydrogen-bond donors (Lipinski definition) is 2. The molecule has 0 fully saturated rings. The summed E-state index contributed by atoms with van der Waals surface area (Å²) in [5.41, 5.74) is 9.30. The molecule has 176 valence electrons. The Hall–Kier alpha value is -3.33. The summed E-state index contributed by atoms with van der Waals surface area (Å²) in [5, 5.41) is 0.704. The summed E-state index contributed by atoms with van der Waals surface area (Å²) >= 11 is 0. The first-order valence-electron chi connectivity index (χ1n) is 10.6. The third-order valence-electron chi connectivity index (χ3n) is 5.07. The number of carbonyl (C=O) groups is 2. The van der Waals surface area contributed by atoms with Crippen LogP contribution < -0.4 is 15.2 Å². The molecule has 2 aromatic carbocycles. The molecule has 0 aliphatic rings. The lowest BCUT2D eigenvalue weighted by atomic mass is 10.00. The lowest BCUT2D eigenvalue weighted by Crippen LogP contribution is -2.33. The first-order chi connectivity index (χ1) is 15.5. The number of nitrogens with zero attached hydrogens (tertiary/aromatic N) is 1. The van der Waals surface area contributed by atoms with Gasteiger partial charge < -0.3 is 15.0 Å². The predicted molar refractivity (Wildman–Crippen MR) is 127 cm³/mol. The fourth-order valence-electron chi connectivity index (χ4n) is 3.93. The van der Waals surface area contributed by atoms with Gasteiger partial charge in [-0.25, -0.2) is 8.42 Å². The minimum Gasteiger partial charge on any atom is -0.483 e. The van der Waals surface area contributed by atoms with E-state index in [-0.39, 0.29) is 6.42 Å². The Morgan fingerprint density at radius 3 is 2.39 bits per heavy atom. The molecule has 0 atom stereocenters. The van der Waals surface area contributed by atoms with Gasteiger partial charge >= 0.3 is 0 Å². The van der Waals surface area contributed by atoms with Gasteiger partial charge in [-0.1, -0.05) is 50.2 Å². The molecule has 9 heteroatoms.